The molecule has 0 atom stereocenters. The van der Waals surface area contributed by atoms with Crippen molar-refractivity contribution in [2.45, 2.75) is 6.67 Å². The molecule has 0 spiro atoms. The van der Waals surface area contributed by atoms with Crippen molar-refractivity contribution in [2.24, 2.45) is 0 Å². The van der Waals surface area contributed by atoms with E-state index < -0.39 is 18.3 Å². The molecular formula is C15H11F3. The molecule has 0 heterocycles. The summed E-state index contributed by atoms with van der Waals surface area (Å²) < 4.78 is 39.4. The van der Waals surface area contributed by atoms with Gasteiger partial charge in [0.1, 0.15) is 18.3 Å². The van der Waals surface area contributed by atoms with E-state index in [-0.39, 0.29) is 5.56 Å². The molecule has 2 rings (SSSR count). The molecule has 0 aliphatic carbocycles. The Balaban J connectivity index is 2.36. The summed E-state index contributed by atoms with van der Waals surface area (Å²) >= 11 is 0. The first kappa shape index (κ1) is 12.4. The lowest BCUT2D eigenvalue weighted by Crippen LogP contribution is -1.88. The molecule has 0 unspecified atom stereocenters. The second-order valence-corrected chi connectivity index (χ2v) is 3.80. The van der Waals surface area contributed by atoms with Gasteiger partial charge < -0.3 is 0 Å². The Morgan fingerprint density at radius 3 is 2.17 bits per heavy atom. The largest absolute Gasteiger partial charge is 0.246 e. The number of rotatable bonds is 3. The lowest BCUT2D eigenvalue weighted by Gasteiger charge is -2.02. The Bertz CT molecular complexity index is 553. The Morgan fingerprint density at radius 2 is 1.50 bits per heavy atom. The van der Waals surface area contributed by atoms with Gasteiger partial charge in [0.2, 0.25) is 0 Å². The smallest absolute Gasteiger partial charge is 0.133 e. The van der Waals surface area contributed by atoms with Gasteiger partial charge in [0.05, 0.1) is 0 Å². The molecule has 2 aromatic rings. The zero-order valence-electron chi connectivity index (χ0n) is 9.54. The molecule has 2 aromatic carbocycles. The molecule has 18 heavy (non-hydrogen) atoms. The van der Waals surface area contributed by atoms with Gasteiger partial charge in [0.15, 0.2) is 0 Å². The van der Waals surface area contributed by atoms with E-state index in [4.69, 9.17) is 0 Å². The van der Waals surface area contributed by atoms with Crippen molar-refractivity contribution in [1.29, 1.82) is 0 Å². The summed E-state index contributed by atoms with van der Waals surface area (Å²) in [6, 6.07) is 10.5. The van der Waals surface area contributed by atoms with Crippen molar-refractivity contribution in [1.82, 2.24) is 0 Å². The SMILES string of the molecule is FCc1ccccc1/C=C/c1c(F)cccc1F. The van der Waals surface area contributed by atoms with Crippen LogP contribution in [0.1, 0.15) is 16.7 Å². The Morgan fingerprint density at radius 1 is 0.833 bits per heavy atom. The molecule has 0 aliphatic rings. The van der Waals surface area contributed by atoms with Gasteiger partial charge in [-0.05, 0) is 29.3 Å². The van der Waals surface area contributed by atoms with Crippen LogP contribution >= 0.6 is 0 Å². The zero-order valence-corrected chi connectivity index (χ0v) is 9.54. The van der Waals surface area contributed by atoms with E-state index in [2.05, 4.69) is 0 Å². The fourth-order valence-electron chi connectivity index (χ4n) is 1.66. The minimum absolute atomic E-state index is 0.119. The maximum atomic E-state index is 13.4. The second kappa shape index (κ2) is 5.54. The third-order valence-electron chi connectivity index (χ3n) is 2.63. The van der Waals surface area contributed by atoms with Crippen LogP contribution in [0.5, 0.6) is 0 Å². The lowest BCUT2D eigenvalue weighted by atomic mass is 10.1. The van der Waals surface area contributed by atoms with Crippen LogP contribution in [0.15, 0.2) is 42.5 Å². The van der Waals surface area contributed by atoms with Crippen LogP contribution in [0.4, 0.5) is 13.2 Å². The van der Waals surface area contributed by atoms with Crippen LogP contribution in [-0.4, -0.2) is 0 Å². The zero-order chi connectivity index (χ0) is 13.0. The van der Waals surface area contributed by atoms with E-state index >= 15 is 0 Å². The third kappa shape index (κ3) is 2.62. The molecule has 0 fully saturated rings. The molecule has 0 nitrogen and oxygen atoms in total. The molecule has 0 N–H and O–H groups in total. The quantitative estimate of drug-likeness (QED) is 0.696. The van der Waals surface area contributed by atoms with E-state index in [9.17, 15) is 13.2 Å². The normalized spacial score (nSPS) is 11.1. The van der Waals surface area contributed by atoms with Gasteiger partial charge in [-0.25, -0.2) is 13.2 Å². The van der Waals surface area contributed by atoms with Crippen LogP contribution in [0.2, 0.25) is 0 Å². The summed E-state index contributed by atoms with van der Waals surface area (Å²) in [5.41, 5.74) is 0.985. The average Bonchev–Trinajstić information content (AvgIpc) is 2.38. The topological polar surface area (TPSA) is 0 Å². The first-order valence-corrected chi connectivity index (χ1v) is 5.48. The standard InChI is InChI=1S/C15H11F3/c16-10-12-5-2-1-4-11(12)8-9-13-14(17)6-3-7-15(13)18/h1-9H,10H2/b9-8+. The van der Waals surface area contributed by atoms with Crippen LogP contribution in [-0.2, 0) is 6.67 Å². The maximum absolute atomic E-state index is 13.4. The van der Waals surface area contributed by atoms with Crippen molar-refractivity contribution < 1.29 is 13.2 Å². The number of hydrogen-bond acceptors (Lipinski definition) is 0. The summed E-state index contributed by atoms with van der Waals surface area (Å²) in [5, 5.41) is 0. The summed E-state index contributed by atoms with van der Waals surface area (Å²) in [4.78, 5) is 0. The molecule has 0 saturated carbocycles. The summed E-state index contributed by atoms with van der Waals surface area (Å²) in [7, 11) is 0. The molecule has 3 heteroatoms. The van der Waals surface area contributed by atoms with Crippen molar-refractivity contribution in [3.63, 3.8) is 0 Å². The number of alkyl halides is 1. The van der Waals surface area contributed by atoms with E-state index in [1.54, 1.807) is 24.3 Å². The van der Waals surface area contributed by atoms with E-state index in [0.717, 1.165) is 0 Å². The fraction of sp³-hybridized carbons (Fsp3) is 0.0667. The molecular weight excluding hydrogens is 237 g/mol. The summed E-state index contributed by atoms with van der Waals surface area (Å²) in [6.07, 6.45) is 2.83. The fourth-order valence-corrected chi connectivity index (χ4v) is 1.66. The highest BCUT2D eigenvalue weighted by Gasteiger charge is 2.04. The Labute approximate surface area is 103 Å². The first-order chi connectivity index (χ1) is 8.72. The predicted octanol–water partition coefficient (Wildman–Crippen LogP) is 4.60. The monoisotopic (exact) mass is 248 g/mol. The van der Waals surface area contributed by atoms with Crippen LogP contribution in [0.3, 0.4) is 0 Å². The molecule has 0 bridgehead atoms. The number of benzene rings is 2. The van der Waals surface area contributed by atoms with Gasteiger partial charge >= 0.3 is 0 Å². The van der Waals surface area contributed by atoms with Crippen LogP contribution in [0, 0.1) is 11.6 Å². The minimum atomic E-state index is -0.635. The van der Waals surface area contributed by atoms with Gasteiger partial charge in [-0.2, -0.15) is 0 Å². The van der Waals surface area contributed by atoms with E-state index in [1.807, 2.05) is 0 Å². The Hall–Kier alpha value is -2.03. The van der Waals surface area contributed by atoms with Crippen LogP contribution < -0.4 is 0 Å². The molecule has 0 aliphatic heterocycles. The van der Waals surface area contributed by atoms with E-state index in [1.165, 1.54) is 30.4 Å². The van der Waals surface area contributed by atoms with Crippen molar-refractivity contribution >= 4 is 12.2 Å². The molecule has 0 amide bonds. The molecule has 0 radical (unpaired) electrons. The minimum Gasteiger partial charge on any atom is -0.246 e. The number of hydrogen-bond donors (Lipinski definition) is 0. The average molecular weight is 248 g/mol. The van der Waals surface area contributed by atoms with Gasteiger partial charge in [-0.15, -0.1) is 0 Å². The highest BCUT2D eigenvalue weighted by Crippen LogP contribution is 2.18. The van der Waals surface area contributed by atoms with Gasteiger partial charge in [-0.1, -0.05) is 36.4 Å². The van der Waals surface area contributed by atoms with Gasteiger partial charge in [0, 0.05) is 5.56 Å². The van der Waals surface area contributed by atoms with Crippen LogP contribution in [0.25, 0.3) is 12.2 Å². The van der Waals surface area contributed by atoms with E-state index in [0.29, 0.717) is 11.1 Å². The van der Waals surface area contributed by atoms with Crippen molar-refractivity contribution in [3.8, 4) is 0 Å². The van der Waals surface area contributed by atoms with Gasteiger partial charge in [0.25, 0.3) is 0 Å². The number of halogens is 3. The maximum Gasteiger partial charge on any atom is 0.133 e. The molecule has 0 saturated heterocycles. The Kier molecular flexibility index (Phi) is 3.82. The molecule has 0 aromatic heterocycles. The lowest BCUT2D eigenvalue weighted by molar-refractivity contribution is 0.485. The first-order valence-electron chi connectivity index (χ1n) is 5.48. The predicted molar refractivity (Wildman–Crippen MR) is 66.5 cm³/mol. The summed E-state index contributed by atoms with van der Waals surface area (Å²) in [5.74, 6) is -1.27. The van der Waals surface area contributed by atoms with Gasteiger partial charge in [-0.3, -0.25) is 0 Å². The molecule has 92 valence electrons. The highest BCUT2D eigenvalue weighted by molar-refractivity contribution is 5.71. The van der Waals surface area contributed by atoms with Crippen molar-refractivity contribution in [3.05, 3.63) is 70.8 Å². The summed E-state index contributed by atoms with van der Waals surface area (Å²) in [6.45, 7) is -0.611. The highest BCUT2D eigenvalue weighted by atomic mass is 19.1. The van der Waals surface area contributed by atoms with Crippen molar-refractivity contribution in [2.75, 3.05) is 0 Å². The third-order valence-corrected chi connectivity index (χ3v) is 2.63. The second-order valence-electron chi connectivity index (χ2n) is 3.80.